The molecule has 2 heterocycles. The Kier molecular flexibility index (Phi) is 3.23. The van der Waals surface area contributed by atoms with E-state index in [2.05, 4.69) is 5.32 Å². The number of carbonyl (C=O) groups excluding carboxylic acids is 2. The Labute approximate surface area is 107 Å². The zero-order chi connectivity index (χ0) is 13.4. The molecule has 0 radical (unpaired) electrons. The highest BCUT2D eigenvalue weighted by atomic mass is 16.6. The molecule has 2 aliphatic rings. The maximum absolute atomic E-state index is 11.9. The van der Waals surface area contributed by atoms with E-state index in [1.807, 2.05) is 20.8 Å². The van der Waals surface area contributed by atoms with Gasteiger partial charge in [0.1, 0.15) is 17.9 Å². The van der Waals surface area contributed by atoms with Gasteiger partial charge in [0.05, 0.1) is 0 Å². The third kappa shape index (κ3) is 2.93. The summed E-state index contributed by atoms with van der Waals surface area (Å²) in [5.74, 6) is -0.0827. The summed E-state index contributed by atoms with van der Waals surface area (Å²) < 4.78 is 10.8. The van der Waals surface area contributed by atoms with Crippen LogP contribution < -0.4 is 5.32 Å². The van der Waals surface area contributed by atoms with Crippen LogP contribution in [-0.4, -0.2) is 47.9 Å². The van der Waals surface area contributed by atoms with Crippen molar-refractivity contribution in [1.82, 2.24) is 10.2 Å². The summed E-state index contributed by atoms with van der Waals surface area (Å²) in [6.45, 7) is 6.72. The van der Waals surface area contributed by atoms with Crippen molar-refractivity contribution in [3.8, 4) is 0 Å². The van der Waals surface area contributed by atoms with Gasteiger partial charge in [0.15, 0.2) is 0 Å². The molecule has 18 heavy (non-hydrogen) atoms. The molecule has 2 aliphatic heterocycles. The molecular formula is C12H20N2O4. The summed E-state index contributed by atoms with van der Waals surface area (Å²) in [5.41, 5.74) is -1.04. The molecule has 1 spiro atoms. The first kappa shape index (κ1) is 13.1. The van der Waals surface area contributed by atoms with Crippen LogP contribution in [-0.2, 0) is 14.3 Å². The molecule has 0 aliphatic carbocycles. The largest absolute Gasteiger partial charge is 0.444 e. The molecule has 102 valence electrons. The van der Waals surface area contributed by atoms with E-state index in [0.717, 1.165) is 0 Å². The molecule has 0 unspecified atom stereocenters. The minimum Gasteiger partial charge on any atom is -0.444 e. The Balaban J connectivity index is 1.87. The van der Waals surface area contributed by atoms with Gasteiger partial charge in [-0.2, -0.15) is 0 Å². The first-order chi connectivity index (χ1) is 8.30. The van der Waals surface area contributed by atoms with Crippen molar-refractivity contribution in [2.75, 3.05) is 19.7 Å². The minimum absolute atomic E-state index is 0.0827. The molecule has 2 saturated heterocycles. The lowest BCUT2D eigenvalue weighted by atomic mass is 10.0. The van der Waals surface area contributed by atoms with Crippen LogP contribution in [0, 0.1) is 0 Å². The summed E-state index contributed by atoms with van der Waals surface area (Å²) >= 11 is 0. The SMILES string of the molecule is CC(C)(C)OC(=O)N1CCC2(CC1)NC(=O)CO2. The number of piperidine rings is 1. The van der Waals surface area contributed by atoms with Crippen LogP contribution in [0.4, 0.5) is 4.79 Å². The Morgan fingerprint density at radius 1 is 1.39 bits per heavy atom. The second kappa shape index (κ2) is 4.42. The van der Waals surface area contributed by atoms with Gasteiger partial charge >= 0.3 is 6.09 Å². The van der Waals surface area contributed by atoms with E-state index in [9.17, 15) is 9.59 Å². The number of nitrogens with zero attached hydrogens (tertiary/aromatic N) is 1. The molecule has 0 atom stereocenters. The molecular weight excluding hydrogens is 236 g/mol. The van der Waals surface area contributed by atoms with Crippen molar-refractivity contribution in [3.63, 3.8) is 0 Å². The van der Waals surface area contributed by atoms with Crippen LogP contribution in [0.25, 0.3) is 0 Å². The predicted molar refractivity (Wildman–Crippen MR) is 63.9 cm³/mol. The normalized spacial score (nSPS) is 23.1. The van der Waals surface area contributed by atoms with Gasteiger partial charge in [0.25, 0.3) is 0 Å². The van der Waals surface area contributed by atoms with Crippen LogP contribution in [0.5, 0.6) is 0 Å². The number of rotatable bonds is 0. The lowest BCUT2D eigenvalue weighted by molar-refractivity contribution is -0.119. The van der Waals surface area contributed by atoms with E-state index >= 15 is 0 Å². The van der Waals surface area contributed by atoms with Gasteiger partial charge < -0.3 is 19.7 Å². The average Bonchev–Trinajstić information content (AvgIpc) is 2.58. The smallest absolute Gasteiger partial charge is 0.410 e. The summed E-state index contributed by atoms with van der Waals surface area (Å²) in [7, 11) is 0. The number of nitrogens with one attached hydrogen (secondary N) is 1. The maximum Gasteiger partial charge on any atom is 0.410 e. The predicted octanol–water partition coefficient (Wildman–Crippen LogP) is 0.860. The molecule has 0 aromatic heterocycles. The van der Waals surface area contributed by atoms with Gasteiger partial charge in [-0.05, 0) is 20.8 Å². The zero-order valence-electron chi connectivity index (χ0n) is 11.1. The third-order valence-corrected chi connectivity index (χ3v) is 3.07. The van der Waals surface area contributed by atoms with Crippen molar-refractivity contribution in [2.45, 2.75) is 44.9 Å². The summed E-state index contributed by atoms with van der Waals surface area (Å²) in [4.78, 5) is 24.7. The summed E-state index contributed by atoms with van der Waals surface area (Å²) in [5, 5.41) is 2.84. The molecule has 0 aromatic rings. The highest BCUT2D eigenvalue weighted by molar-refractivity contribution is 5.79. The second-order valence-electron chi connectivity index (χ2n) is 5.80. The van der Waals surface area contributed by atoms with Gasteiger partial charge in [-0.25, -0.2) is 4.79 Å². The quantitative estimate of drug-likeness (QED) is 0.698. The van der Waals surface area contributed by atoms with Crippen molar-refractivity contribution in [2.24, 2.45) is 0 Å². The molecule has 0 saturated carbocycles. The fourth-order valence-corrected chi connectivity index (χ4v) is 2.18. The first-order valence-electron chi connectivity index (χ1n) is 6.23. The minimum atomic E-state index is -0.560. The van der Waals surface area contributed by atoms with E-state index in [1.165, 1.54) is 0 Å². The number of hydrogen-bond donors (Lipinski definition) is 1. The molecule has 6 nitrogen and oxygen atoms in total. The van der Waals surface area contributed by atoms with E-state index in [4.69, 9.17) is 9.47 Å². The number of carbonyl (C=O) groups is 2. The number of likely N-dealkylation sites (tertiary alicyclic amines) is 1. The zero-order valence-corrected chi connectivity index (χ0v) is 11.1. The molecule has 6 heteroatoms. The Hall–Kier alpha value is -1.30. The second-order valence-corrected chi connectivity index (χ2v) is 5.80. The Bertz CT molecular complexity index is 354. The first-order valence-corrected chi connectivity index (χ1v) is 6.23. The van der Waals surface area contributed by atoms with Gasteiger partial charge in [-0.3, -0.25) is 4.79 Å². The number of ether oxygens (including phenoxy) is 2. The van der Waals surface area contributed by atoms with Crippen LogP contribution in [0.1, 0.15) is 33.6 Å². The highest BCUT2D eigenvalue weighted by Gasteiger charge is 2.43. The molecule has 2 fully saturated rings. The lowest BCUT2D eigenvalue weighted by Crippen LogP contribution is -2.53. The lowest BCUT2D eigenvalue weighted by Gasteiger charge is -2.38. The van der Waals surface area contributed by atoms with E-state index < -0.39 is 11.3 Å². The number of hydrogen-bond acceptors (Lipinski definition) is 4. The fourth-order valence-electron chi connectivity index (χ4n) is 2.18. The van der Waals surface area contributed by atoms with Crippen molar-refractivity contribution in [3.05, 3.63) is 0 Å². The Morgan fingerprint density at radius 2 is 2.00 bits per heavy atom. The molecule has 2 amide bonds. The third-order valence-electron chi connectivity index (χ3n) is 3.07. The Morgan fingerprint density at radius 3 is 2.44 bits per heavy atom. The van der Waals surface area contributed by atoms with E-state index in [1.54, 1.807) is 4.90 Å². The topological polar surface area (TPSA) is 67.9 Å². The van der Waals surface area contributed by atoms with Gasteiger partial charge in [0, 0.05) is 25.9 Å². The van der Waals surface area contributed by atoms with Crippen molar-refractivity contribution in [1.29, 1.82) is 0 Å². The van der Waals surface area contributed by atoms with Crippen LogP contribution >= 0.6 is 0 Å². The van der Waals surface area contributed by atoms with Gasteiger partial charge in [-0.1, -0.05) is 0 Å². The molecule has 0 bridgehead atoms. The van der Waals surface area contributed by atoms with E-state index in [-0.39, 0.29) is 18.6 Å². The average molecular weight is 256 g/mol. The monoisotopic (exact) mass is 256 g/mol. The fraction of sp³-hybridized carbons (Fsp3) is 0.833. The van der Waals surface area contributed by atoms with Crippen LogP contribution in [0.15, 0.2) is 0 Å². The van der Waals surface area contributed by atoms with Crippen molar-refractivity contribution >= 4 is 12.0 Å². The van der Waals surface area contributed by atoms with Crippen LogP contribution in [0.2, 0.25) is 0 Å². The maximum atomic E-state index is 11.9. The summed E-state index contributed by atoms with van der Waals surface area (Å²) in [6.07, 6.45) is 0.914. The molecule has 1 N–H and O–H groups in total. The van der Waals surface area contributed by atoms with Crippen molar-refractivity contribution < 1.29 is 19.1 Å². The standard InChI is InChI=1S/C12H20N2O4/c1-11(2,3)18-10(16)14-6-4-12(5-7-14)13-9(15)8-17-12/h4-8H2,1-3H3,(H,13,15). The number of amides is 2. The highest BCUT2D eigenvalue weighted by Crippen LogP contribution is 2.27. The molecule has 2 rings (SSSR count). The summed E-state index contributed by atoms with van der Waals surface area (Å²) in [6, 6.07) is 0. The van der Waals surface area contributed by atoms with Gasteiger partial charge in [0.2, 0.25) is 5.91 Å². The van der Waals surface area contributed by atoms with Crippen LogP contribution in [0.3, 0.4) is 0 Å². The van der Waals surface area contributed by atoms with E-state index in [0.29, 0.717) is 25.9 Å². The van der Waals surface area contributed by atoms with Gasteiger partial charge in [-0.15, -0.1) is 0 Å². The molecule has 0 aromatic carbocycles.